The van der Waals surface area contributed by atoms with Gasteiger partial charge in [-0.15, -0.1) is 19.7 Å². The maximum atomic E-state index is 5.33. The molecule has 0 atom stereocenters. The maximum Gasteiger partial charge on any atom is 0.119 e. The molecule has 0 amide bonds. The van der Waals surface area contributed by atoms with E-state index in [1.807, 2.05) is 18.2 Å². The average Bonchev–Trinajstić information content (AvgIpc) is 2.33. The van der Waals surface area contributed by atoms with Crippen LogP contribution < -0.4 is 4.74 Å². The second-order valence-electron chi connectivity index (χ2n) is 3.90. The highest BCUT2D eigenvalue weighted by Gasteiger charge is 2.08. The van der Waals surface area contributed by atoms with Crippen LogP contribution in [0, 0.1) is 0 Å². The van der Waals surface area contributed by atoms with Crippen molar-refractivity contribution in [3.05, 3.63) is 66.8 Å². The van der Waals surface area contributed by atoms with Crippen LogP contribution >= 0.6 is 0 Å². The molecule has 0 aliphatic rings. The Morgan fingerprint density at radius 1 is 0.941 bits per heavy atom. The van der Waals surface area contributed by atoms with Gasteiger partial charge >= 0.3 is 0 Å². The van der Waals surface area contributed by atoms with Crippen molar-refractivity contribution < 1.29 is 4.74 Å². The molecule has 0 bridgehead atoms. The Kier molecular flexibility index (Phi) is 5.28. The smallest absolute Gasteiger partial charge is 0.119 e. The predicted octanol–water partition coefficient (Wildman–Crippen LogP) is 3.88. The van der Waals surface area contributed by atoms with E-state index in [-0.39, 0.29) is 0 Å². The van der Waals surface area contributed by atoms with Gasteiger partial charge in [-0.3, -0.25) is 0 Å². The van der Waals surface area contributed by atoms with E-state index in [0.717, 1.165) is 25.0 Å². The molecule has 0 aliphatic heterocycles. The van der Waals surface area contributed by atoms with E-state index in [1.54, 1.807) is 7.11 Å². The largest absolute Gasteiger partial charge is 0.497 e. The average molecular weight is 228 g/mol. The van der Waals surface area contributed by atoms with Crippen molar-refractivity contribution in [3.63, 3.8) is 0 Å². The van der Waals surface area contributed by atoms with Gasteiger partial charge in [0.05, 0.1) is 7.11 Å². The van der Waals surface area contributed by atoms with Crippen LogP contribution in [0.4, 0.5) is 0 Å². The van der Waals surface area contributed by atoms with Crippen LogP contribution in [0.15, 0.2) is 50.1 Å². The zero-order valence-corrected chi connectivity index (χ0v) is 10.5. The number of hydrogen-bond acceptors (Lipinski definition) is 1. The van der Waals surface area contributed by atoms with Gasteiger partial charge in [0.2, 0.25) is 0 Å². The van der Waals surface area contributed by atoms with Crippen LogP contribution in [0.2, 0.25) is 0 Å². The molecule has 0 fully saturated rings. The van der Waals surface area contributed by atoms with E-state index < -0.39 is 0 Å². The summed E-state index contributed by atoms with van der Waals surface area (Å²) in [6.45, 7) is 11.4. The van der Waals surface area contributed by atoms with Gasteiger partial charge in [0.25, 0.3) is 0 Å². The van der Waals surface area contributed by atoms with Crippen molar-refractivity contribution in [1.82, 2.24) is 0 Å². The molecule has 0 unspecified atom stereocenters. The standard InChI is InChI=1S/C16H20O/c1-5-8-13-11-15(17-4)12-14(9-6-2)16(13)10-7-3/h5-7,11-12H,1-3,8-10H2,4H3. The molecule has 1 rings (SSSR count). The number of benzene rings is 1. The van der Waals surface area contributed by atoms with E-state index in [1.165, 1.54) is 16.7 Å². The third-order valence-corrected chi connectivity index (χ3v) is 2.72. The van der Waals surface area contributed by atoms with Gasteiger partial charge in [-0.05, 0) is 48.1 Å². The van der Waals surface area contributed by atoms with Gasteiger partial charge < -0.3 is 4.74 Å². The number of rotatable bonds is 7. The number of ether oxygens (including phenoxy) is 1. The number of methoxy groups -OCH3 is 1. The van der Waals surface area contributed by atoms with Crippen molar-refractivity contribution in [2.75, 3.05) is 7.11 Å². The SMILES string of the molecule is C=CCc1cc(OC)cc(CC=C)c1CC=C. The lowest BCUT2D eigenvalue weighted by Crippen LogP contribution is -2.00. The third kappa shape index (κ3) is 3.35. The predicted molar refractivity (Wildman–Crippen MR) is 74.7 cm³/mol. The van der Waals surface area contributed by atoms with Crippen molar-refractivity contribution >= 4 is 0 Å². The number of allylic oxidation sites excluding steroid dienone is 3. The van der Waals surface area contributed by atoms with Gasteiger partial charge in [0, 0.05) is 0 Å². The molecule has 0 radical (unpaired) electrons. The molecule has 1 aromatic carbocycles. The molecule has 1 nitrogen and oxygen atoms in total. The molecule has 0 aromatic heterocycles. The normalized spacial score (nSPS) is 9.71. The van der Waals surface area contributed by atoms with E-state index in [2.05, 4.69) is 31.9 Å². The lowest BCUT2D eigenvalue weighted by Gasteiger charge is -2.14. The molecule has 0 saturated carbocycles. The fourth-order valence-corrected chi connectivity index (χ4v) is 1.97. The second-order valence-corrected chi connectivity index (χ2v) is 3.90. The minimum absolute atomic E-state index is 0.852. The Balaban J connectivity index is 3.30. The minimum Gasteiger partial charge on any atom is -0.497 e. The summed E-state index contributed by atoms with van der Waals surface area (Å²) in [5, 5.41) is 0. The second kappa shape index (κ2) is 6.74. The molecule has 0 N–H and O–H groups in total. The Hall–Kier alpha value is -1.76. The van der Waals surface area contributed by atoms with E-state index in [9.17, 15) is 0 Å². The quantitative estimate of drug-likeness (QED) is 0.643. The molecule has 0 heterocycles. The van der Waals surface area contributed by atoms with Gasteiger partial charge in [0.15, 0.2) is 0 Å². The van der Waals surface area contributed by atoms with Crippen LogP contribution in [0.25, 0.3) is 0 Å². The highest BCUT2D eigenvalue weighted by Crippen LogP contribution is 2.25. The summed E-state index contributed by atoms with van der Waals surface area (Å²) in [4.78, 5) is 0. The zero-order valence-electron chi connectivity index (χ0n) is 10.5. The highest BCUT2D eigenvalue weighted by molar-refractivity contribution is 5.45. The lowest BCUT2D eigenvalue weighted by molar-refractivity contribution is 0.413. The Morgan fingerprint density at radius 3 is 1.76 bits per heavy atom. The molecular formula is C16H20O. The monoisotopic (exact) mass is 228 g/mol. The first-order valence-corrected chi connectivity index (χ1v) is 5.78. The van der Waals surface area contributed by atoms with Crippen molar-refractivity contribution in [1.29, 1.82) is 0 Å². The molecule has 17 heavy (non-hydrogen) atoms. The summed E-state index contributed by atoms with van der Waals surface area (Å²) in [7, 11) is 1.69. The molecule has 0 spiro atoms. The van der Waals surface area contributed by atoms with Crippen molar-refractivity contribution in [2.24, 2.45) is 0 Å². The van der Waals surface area contributed by atoms with Crippen molar-refractivity contribution in [2.45, 2.75) is 19.3 Å². The Bertz CT molecular complexity index is 385. The van der Waals surface area contributed by atoms with Gasteiger partial charge in [0.1, 0.15) is 5.75 Å². The molecular weight excluding hydrogens is 208 g/mol. The van der Waals surface area contributed by atoms with Crippen LogP contribution in [0.3, 0.4) is 0 Å². The fraction of sp³-hybridized carbons (Fsp3) is 0.250. The molecule has 90 valence electrons. The van der Waals surface area contributed by atoms with Gasteiger partial charge in [-0.25, -0.2) is 0 Å². The van der Waals surface area contributed by atoms with Crippen LogP contribution in [-0.2, 0) is 19.3 Å². The van der Waals surface area contributed by atoms with E-state index in [0.29, 0.717) is 0 Å². The maximum absolute atomic E-state index is 5.33. The van der Waals surface area contributed by atoms with Crippen LogP contribution in [-0.4, -0.2) is 7.11 Å². The van der Waals surface area contributed by atoms with Gasteiger partial charge in [-0.2, -0.15) is 0 Å². The van der Waals surface area contributed by atoms with E-state index >= 15 is 0 Å². The first kappa shape index (κ1) is 13.3. The zero-order chi connectivity index (χ0) is 12.7. The Labute approximate surface area is 104 Å². The summed E-state index contributed by atoms with van der Waals surface area (Å²) < 4.78 is 5.33. The molecule has 1 heteroatoms. The Morgan fingerprint density at radius 2 is 1.41 bits per heavy atom. The summed E-state index contributed by atoms with van der Waals surface area (Å²) >= 11 is 0. The minimum atomic E-state index is 0.852. The lowest BCUT2D eigenvalue weighted by atomic mass is 9.94. The summed E-state index contributed by atoms with van der Waals surface area (Å²) in [6, 6.07) is 4.15. The van der Waals surface area contributed by atoms with Crippen molar-refractivity contribution in [3.8, 4) is 5.75 Å². The topological polar surface area (TPSA) is 9.23 Å². The van der Waals surface area contributed by atoms with Crippen LogP contribution in [0.1, 0.15) is 16.7 Å². The first-order valence-electron chi connectivity index (χ1n) is 5.78. The summed E-state index contributed by atoms with van der Waals surface area (Å²) in [6.07, 6.45) is 8.34. The third-order valence-electron chi connectivity index (χ3n) is 2.72. The van der Waals surface area contributed by atoms with Crippen LogP contribution in [0.5, 0.6) is 5.75 Å². The molecule has 0 saturated heterocycles. The molecule has 1 aromatic rings. The fourth-order valence-electron chi connectivity index (χ4n) is 1.97. The summed E-state index contributed by atoms with van der Waals surface area (Å²) in [5.41, 5.74) is 3.84. The first-order chi connectivity index (χ1) is 8.26. The number of hydrogen-bond donors (Lipinski definition) is 0. The summed E-state index contributed by atoms with van der Waals surface area (Å²) in [5.74, 6) is 0.895. The van der Waals surface area contributed by atoms with E-state index in [4.69, 9.17) is 4.74 Å². The molecule has 0 aliphatic carbocycles. The van der Waals surface area contributed by atoms with Gasteiger partial charge in [-0.1, -0.05) is 18.2 Å². The highest BCUT2D eigenvalue weighted by atomic mass is 16.5.